The van der Waals surface area contributed by atoms with Gasteiger partial charge in [-0.05, 0) is 25.6 Å². The molecule has 14 heavy (non-hydrogen) atoms. The van der Waals surface area contributed by atoms with Crippen molar-refractivity contribution in [3.05, 3.63) is 0 Å². The van der Waals surface area contributed by atoms with Crippen LogP contribution in [-0.2, 0) is 4.84 Å². The van der Waals surface area contributed by atoms with Crippen LogP contribution in [0.2, 0.25) is 0 Å². The Morgan fingerprint density at radius 2 is 2.29 bits per heavy atom. The van der Waals surface area contributed by atoms with E-state index in [0.29, 0.717) is 0 Å². The van der Waals surface area contributed by atoms with E-state index in [9.17, 15) is 0 Å². The highest BCUT2D eigenvalue weighted by Crippen LogP contribution is 2.27. The van der Waals surface area contributed by atoms with Crippen LogP contribution in [0, 0.1) is 0 Å². The van der Waals surface area contributed by atoms with Crippen LogP contribution in [0.3, 0.4) is 0 Å². The molecule has 0 fully saturated rings. The van der Waals surface area contributed by atoms with E-state index in [-0.39, 0.29) is 18.0 Å². The average Bonchev–Trinajstić information content (AvgIpc) is 2.41. The van der Waals surface area contributed by atoms with Gasteiger partial charge in [0.15, 0.2) is 5.17 Å². The van der Waals surface area contributed by atoms with Gasteiger partial charge in [0.2, 0.25) is 0 Å². The maximum Gasteiger partial charge on any atom is 0.162 e. The Bertz CT molecular complexity index is 253. The van der Waals surface area contributed by atoms with Crippen LogP contribution in [0.15, 0.2) is 10.1 Å². The van der Waals surface area contributed by atoms with Gasteiger partial charge in [0, 0.05) is 20.5 Å². The smallest absolute Gasteiger partial charge is 0.162 e. The first-order valence-electron chi connectivity index (χ1n) is 4.15. The molecular formula is C8H16ClN3OS. The molecule has 0 saturated heterocycles. The largest absolute Gasteiger partial charge is 0.389 e. The zero-order valence-electron chi connectivity index (χ0n) is 8.83. The number of oxime groups is 1. The molecule has 0 aromatic carbocycles. The molecule has 0 spiro atoms. The van der Waals surface area contributed by atoms with Crippen LogP contribution in [0.25, 0.3) is 0 Å². The molecule has 0 radical (unpaired) electrons. The van der Waals surface area contributed by atoms with Gasteiger partial charge in [-0.1, -0.05) is 5.16 Å². The number of halogens is 1. The van der Waals surface area contributed by atoms with Crippen LogP contribution in [0.4, 0.5) is 0 Å². The van der Waals surface area contributed by atoms with Crippen LogP contribution in [0.1, 0.15) is 20.3 Å². The SMILES string of the molecule is CN=C(NC)SC1=NOC(C)(C)C1.Cl. The molecule has 1 aliphatic heterocycles. The van der Waals surface area contributed by atoms with Gasteiger partial charge in [-0.15, -0.1) is 12.4 Å². The van der Waals surface area contributed by atoms with Gasteiger partial charge in [0.05, 0.1) is 0 Å². The predicted molar refractivity (Wildman–Crippen MR) is 64.5 cm³/mol. The Balaban J connectivity index is 0.00000169. The normalized spacial score (nSPS) is 19.4. The maximum absolute atomic E-state index is 5.23. The van der Waals surface area contributed by atoms with Crippen LogP contribution >= 0.6 is 24.2 Å². The summed E-state index contributed by atoms with van der Waals surface area (Å²) in [4.78, 5) is 9.28. The zero-order chi connectivity index (χ0) is 9.90. The summed E-state index contributed by atoms with van der Waals surface area (Å²) >= 11 is 1.52. The highest BCUT2D eigenvalue weighted by Gasteiger charge is 2.29. The summed E-state index contributed by atoms with van der Waals surface area (Å²) in [5, 5.41) is 8.80. The lowest BCUT2D eigenvalue weighted by Gasteiger charge is -2.13. The number of aliphatic imine (C=N–C) groups is 1. The molecule has 1 N–H and O–H groups in total. The third kappa shape index (κ3) is 3.75. The minimum Gasteiger partial charge on any atom is -0.389 e. The zero-order valence-corrected chi connectivity index (χ0v) is 10.5. The van der Waals surface area contributed by atoms with Gasteiger partial charge in [0.1, 0.15) is 10.6 Å². The standard InChI is InChI=1S/C8H15N3OS.ClH/c1-8(2)5-6(11-12-8)13-7(9-3)10-4;/h5H2,1-4H3,(H,9,10);1H. The first-order chi connectivity index (χ1) is 6.07. The molecule has 0 amide bonds. The van der Waals surface area contributed by atoms with Crippen molar-refractivity contribution < 1.29 is 4.84 Å². The molecule has 1 heterocycles. The van der Waals surface area contributed by atoms with Gasteiger partial charge < -0.3 is 10.2 Å². The van der Waals surface area contributed by atoms with Crippen molar-refractivity contribution in [3.63, 3.8) is 0 Å². The second-order valence-corrected chi connectivity index (χ2v) is 4.46. The van der Waals surface area contributed by atoms with Crippen molar-refractivity contribution in [1.29, 1.82) is 0 Å². The van der Waals surface area contributed by atoms with Crippen molar-refractivity contribution in [2.75, 3.05) is 14.1 Å². The molecule has 0 aliphatic carbocycles. The van der Waals surface area contributed by atoms with E-state index in [2.05, 4.69) is 15.5 Å². The van der Waals surface area contributed by atoms with E-state index in [1.54, 1.807) is 7.05 Å². The molecule has 0 saturated carbocycles. The topological polar surface area (TPSA) is 46.0 Å². The molecule has 0 unspecified atom stereocenters. The second kappa shape index (κ2) is 5.46. The first-order valence-corrected chi connectivity index (χ1v) is 4.96. The summed E-state index contributed by atoms with van der Waals surface area (Å²) in [6.45, 7) is 4.04. The number of amidine groups is 1. The van der Waals surface area contributed by atoms with Crippen molar-refractivity contribution in [3.8, 4) is 0 Å². The lowest BCUT2D eigenvalue weighted by molar-refractivity contribution is 0.0123. The Hall–Kier alpha value is -0.420. The first kappa shape index (κ1) is 13.6. The fourth-order valence-corrected chi connectivity index (χ4v) is 1.89. The number of hydrogen-bond acceptors (Lipinski definition) is 4. The van der Waals surface area contributed by atoms with Crippen molar-refractivity contribution in [2.45, 2.75) is 25.9 Å². The Morgan fingerprint density at radius 3 is 2.64 bits per heavy atom. The Kier molecular flexibility index (Phi) is 5.29. The molecule has 1 rings (SSSR count). The van der Waals surface area contributed by atoms with Gasteiger partial charge in [-0.25, -0.2) is 0 Å². The van der Waals surface area contributed by atoms with E-state index < -0.39 is 0 Å². The molecule has 0 bridgehead atoms. The summed E-state index contributed by atoms with van der Waals surface area (Å²) in [7, 11) is 3.59. The second-order valence-electron chi connectivity index (χ2n) is 3.39. The minimum atomic E-state index is -0.158. The minimum absolute atomic E-state index is 0. The summed E-state index contributed by atoms with van der Waals surface area (Å²) in [6.07, 6.45) is 0.846. The molecule has 6 heteroatoms. The lowest BCUT2D eigenvalue weighted by atomic mass is 10.1. The Morgan fingerprint density at radius 1 is 1.64 bits per heavy atom. The van der Waals surface area contributed by atoms with Crippen molar-refractivity contribution in [1.82, 2.24) is 5.32 Å². The van der Waals surface area contributed by atoms with Crippen LogP contribution in [0.5, 0.6) is 0 Å². The van der Waals surface area contributed by atoms with Gasteiger partial charge >= 0.3 is 0 Å². The van der Waals surface area contributed by atoms with Gasteiger partial charge in [0.25, 0.3) is 0 Å². The highest BCUT2D eigenvalue weighted by atomic mass is 35.5. The third-order valence-corrected chi connectivity index (χ3v) is 2.64. The Labute approximate surface area is 95.0 Å². The molecule has 4 nitrogen and oxygen atoms in total. The molecule has 0 atom stereocenters. The molecule has 0 aromatic rings. The summed E-state index contributed by atoms with van der Waals surface area (Å²) < 4.78 is 0. The molecule has 82 valence electrons. The number of nitrogens with zero attached hydrogens (tertiary/aromatic N) is 2. The quantitative estimate of drug-likeness (QED) is 0.517. The van der Waals surface area contributed by atoms with Crippen LogP contribution in [-0.4, -0.2) is 29.9 Å². The maximum atomic E-state index is 5.23. The summed E-state index contributed by atoms with van der Waals surface area (Å²) in [5.41, 5.74) is -0.158. The number of rotatable bonds is 0. The van der Waals surface area contributed by atoms with E-state index in [1.807, 2.05) is 20.9 Å². The summed E-state index contributed by atoms with van der Waals surface area (Å²) in [5.74, 6) is 0. The van der Waals surface area contributed by atoms with E-state index in [1.165, 1.54) is 11.8 Å². The molecule has 0 aromatic heterocycles. The van der Waals surface area contributed by atoms with Crippen molar-refractivity contribution in [2.24, 2.45) is 10.1 Å². The van der Waals surface area contributed by atoms with Crippen molar-refractivity contribution >= 4 is 34.4 Å². The van der Waals surface area contributed by atoms with Gasteiger partial charge in [-0.3, -0.25) is 4.99 Å². The lowest BCUT2D eigenvalue weighted by Crippen LogP contribution is -2.20. The number of nitrogens with one attached hydrogen (secondary N) is 1. The monoisotopic (exact) mass is 237 g/mol. The molecular weight excluding hydrogens is 222 g/mol. The van der Waals surface area contributed by atoms with E-state index >= 15 is 0 Å². The average molecular weight is 238 g/mol. The highest BCUT2D eigenvalue weighted by molar-refractivity contribution is 8.26. The van der Waals surface area contributed by atoms with Gasteiger partial charge in [-0.2, -0.15) is 0 Å². The fourth-order valence-electron chi connectivity index (χ4n) is 0.978. The van der Waals surface area contributed by atoms with Crippen LogP contribution < -0.4 is 5.32 Å². The fraction of sp³-hybridized carbons (Fsp3) is 0.750. The third-order valence-electron chi connectivity index (χ3n) is 1.60. The predicted octanol–water partition coefficient (Wildman–Crippen LogP) is 1.86. The van der Waals surface area contributed by atoms with E-state index in [4.69, 9.17) is 4.84 Å². The number of thioether (sulfide) groups is 1. The summed E-state index contributed by atoms with van der Waals surface area (Å²) in [6, 6.07) is 0. The number of hydrogen-bond donors (Lipinski definition) is 1. The van der Waals surface area contributed by atoms with E-state index in [0.717, 1.165) is 16.6 Å². The molecule has 1 aliphatic rings.